The molecule has 0 amide bonds. The smallest absolute Gasteiger partial charge is 0.262 e. The lowest BCUT2D eigenvalue weighted by molar-refractivity contribution is -0.390. The van der Waals surface area contributed by atoms with Gasteiger partial charge >= 0.3 is 5.69 Å². The van der Waals surface area contributed by atoms with E-state index >= 15 is 0 Å². The standard InChI is InChI=1S/C14H12N4O4S3/c1-25(21,22)11-6-2-5-10(13(11)18(19)20)24-14-15-12(16-17-14)8-9-4-3-7-23-9/h2-7H,8H2,1H3,(H,15,16,17). The van der Waals surface area contributed by atoms with Crippen LogP contribution in [0.25, 0.3) is 0 Å². The SMILES string of the molecule is CS(=O)(=O)c1cccc(Sc2n[nH]c(Cc3cccs3)n2)c1[N+](=O)[O-]. The second-order valence-electron chi connectivity index (χ2n) is 5.06. The first-order valence-electron chi connectivity index (χ1n) is 6.93. The Bertz CT molecular complexity index is 1010. The second-order valence-corrected chi connectivity index (χ2v) is 9.08. The zero-order valence-electron chi connectivity index (χ0n) is 12.9. The average Bonchev–Trinajstić information content (AvgIpc) is 3.18. The molecule has 0 fully saturated rings. The van der Waals surface area contributed by atoms with Crippen LogP contribution in [0.1, 0.15) is 10.7 Å². The Labute approximate surface area is 151 Å². The first kappa shape index (κ1) is 17.6. The summed E-state index contributed by atoms with van der Waals surface area (Å²) in [7, 11) is -3.72. The van der Waals surface area contributed by atoms with Gasteiger partial charge in [0.1, 0.15) is 10.7 Å². The van der Waals surface area contributed by atoms with Crippen LogP contribution in [-0.4, -0.2) is 34.8 Å². The number of rotatable bonds is 6. The van der Waals surface area contributed by atoms with Gasteiger partial charge in [-0.05, 0) is 35.3 Å². The van der Waals surface area contributed by atoms with Crippen LogP contribution in [0, 0.1) is 10.1 Å². The third-order valence-corrected chi connectivity index (χ3v) is 6.10. The number of sulfone groups is 1. The summed E-state index contributed by atoms with van der Waals surface area (Å²) < 4.78 is 23.6. The summed E-state index contributed by atoms with van der Waals surface area (Å²) in [6, 6.07) is 8.07. The largest absolute Gasteiger partial charge is 0.301 e. The molecular weight excluding hydrogens is 384 g/mol. The number of nitro groups is 1. The topological polar surface area (TPSA) is 119 Å². The van der Waals surface area contributed by atoms with Crippen molar-refractivity contribution in [2.45, 2.75) is 21.4 Å². The number of H-pyrrole nitrogens is 1. The number of para-hydroxylation sites is 1. The minimum atomic E-state index is -3.72. The van der Waals surface area contributed by atoms with E-state index < -0.39 is 20.4 Å². The van der Waals surface area contributed by atoms with Gasteiger partial charge in [0.15, 0.2) is 9.84 Å². The molecule has 0 saturated carbocycles. The number of nitro benzene ring substituents is 1. The normalized spacial score (nSPS) is 11.6. The summed E-state index contributed by atoms with van der Waals surface area (Å²) in [4.78, 5) is 15.9. The molecule has 25 heavy (non-hydrogen) atoms. The van der Waals surface area contributed by atoms with Crippen LogP contribution < -0.4 is 0 Å². The molecule has 0 radical (unpaired) electrons. The van der Waals surface area contributed by atoms with Gasteiger partial charge in [-0.1, -0.05) is 12.1 Å². The fraction of sp³-hybridized carbons (Fsp3) is 0.143. The minimum Gasteiger partial charge on any atom is -0.262 e. The number of aromatic nitrogens is 3. The van der Waals surface area contributed by atoms with Gasteiger partial charge in [-0.3, -0.25) is 15.2 Å². The van der Waals surface area contributed by atoms with Crippen LogP contribution in [0.4, 0.5) is 5.69 Å². The van der Waals surface area contributed by atoms with E-state index in [9.17, 15) is 18.5 Å². The van der Waals surface area contributed by atoms with Crippen molar-refractivity contribution in [2.75, 3.05) is 6.26 Å². The molecule has 2 aromatic heterocycles. The van der Waals surface area contributed by atoms with Gasteiger partial charge in [-0.15, -0.1) is 16.4 Å². The fourth-order valence-electron chi connectivity index (χ4n) is 2.14. The molecule has 3 aromatic rings. The number of nitrogens with zero attached hydrogens (tertiary/aromatic N) is 3. The number of nitrogens with one attached hydrogen (secondary N) is 1. The number of hydrogen-bond donors (Lipinski definition) is 1. The molecule has 0 aliphatic rings. The van der Waals surface area contributed by atoms with Crippen LogP contribution in [0.3, 0.4) is 0 Å². The zero-order chi connectivity index (χ0) is 18.0. The van der Waals surface area contributed by atoms with Crippen LogP contribution in [-0.2, 0) is 16.3 Å². The van der Waals surface area contributed by atoms with Gasteiger partial charge in [-0.25, -0.2) is 13.4 Å². The Morgan fingerprint density at radius 3 is 2.76 bits per heavy atom. The van der Waals surface area contributed by atoms with Gasteiger partial charge in [0.05, 0.1) is 9.82 Å². The third kappa shape index (κ3) is 4.06. The highest BCUT2D eigenvalue weighted by Crippen LogP contribution is 2.37. The summed E-state index contributed by atoms with van der Waals surface area (Å²) in [5, 5.41) is 20.5. The molecule has 0 saturated heterocycles. The predicted molar refractivity (Wildman–Crippen MR) is 93.8 cm³/mol. The Morgan fingerprint density at radius 2 is 2.12 bits per heavy atom. The van der Waals surface area contributed by atoms with Gasteiger partial charge in [0.25, 0.3) is 0 Å². The summed E-state index contributed by atoms with van der Waals surface area (Å²) in [6.07, 6.45) is 1.52. The molecule has 8 nitrogen and oxygen atoms in total. The van der Waals surface area contributed by atoms with Gasteiger partial charge in [0.2, 0.25) is 5.16 Å². The lowest BCUT2D eigenvalue weighted by Crippen LogP contribution is -2.03. The first-order valence-corrected chi connectivity index (χ1v) is 10.5. The molecule has 2 heterocycles. The van der Waals surface area contributed by atoms with Gasteiger partial charge < -0.3 is 0 Å². The van der Waals surface area contributed by atoms with Crippen molar-refractivity contribution in [3.05, 3.63) is 56.5 Å². The van der Waals surface area contributed by atoms with Gasteiger partial charge in [0, 0.05) is 17.6 Å². The summed E-state index contributed by atoms with van der Waals surface area (Å²) >= 11 is 2.54. The molecule has 0 spiro atoms. The van der Waals surface area contributed by atoms with Crippen molar-refractivity contribution in [3.8, 4) is 0 Å². The van der Waals surface area contributed by atoms with E-state index in [0.29, 0.717) is 17.4 Å². The van der Waals surface area contributed by atoms with Crippen molar-refractivity contribution in [1.82, 2.24) is 15.2 Å². The maximum Gasteiger partial charge on any atom is 0.301 e. The van der Waals surface area contributed by atoms with Crippen molar-refractivity contribution >= 4 is 38.6 Å². The number of aromatic amines is 1. The molecule has 1 aromatic carbocycles. The van der Waals surface area contributed by atoms with E-state index in [4.69, 9.17) is 0 Å². The summed E-state index contributed by atoms with van der Waals surface area (Å²) in [6.45, 7) is 0. The van der Waals surface area contributed by atoms with E-state index in [1.165, 1.54) is 18.2 Å². The molecule has 130 valence electrons. The molecule has 3 rings (SSSR count). The first-order chi connectivity index (χ1) is 11.8. The summed E-state index contributed by atoms with van der Waals surface area (Å²) in [5.74, 6) is 0.631. The molecule has 0 aliphatic heterocycles. The van der Waals surface area contributed by atoms with E-state index in [1.54, 1.807) is 11.3 Å². The van der Waals surface area contributed by atoms with Crippen molar-refractivity contribution < 1.29 is 13.3 Å². The monoisotopic (exact) mass is 396 g/mol. The lowest BCUT2D eigenvalue weighted by atomic mass is 10.3. The average molecular weight is 396 g/mol. The Kier molecular flexibility index (Phi) is 4.88. The molecule has 11 heteroatoms. The van der Waals surface area contributed by atoms with Crippen molar-refractivity contribution in [1.29, 1.82) is 0 Å². The van der Waals surface area contributed by atoms with Crippen LogP contribution >= 0.6 is 23.1 Å². The molecular formula is C14H12N4O4S3. The van der Waals surface area contributed by atoms with E-state index in [2.05, 4.69) is 15.2 Å². The number of hydrogen-bond acceptors (Lipinski definition) is 8. The van der Waals surface area contributed by atoms with Crippen LogP contribution in [0.15, 0.2) is 50.7 Å². The van der Waals surface area contributed by atoms with Crippen LogP contribution in [0.5, 0.6) is 0 Å². The third-order valence-electron chi connectivity index (χ3n) is 3.18. The lowest BCUT2D eigenvalue weighted by Gasteiger charge is -2.04. The van der Waals surface area contributed by atoms with E-state index in [1.807, 2.05) is 17.5 Å². The molecule has 0 unspecified atom stereocenters. The van der Waals surface area contributed by atoms with Crippen LogP contribution in [0.2, 0.25) is 0 Å². The van der Waals surface area contributed by atoms with Crippen molar-refractivity contribution in [2.24, 2.45) is 0 Å². The maximum atomic E-state index is 11.8. The van der Waals surface area contributed by atoms with Gasteiger partial charge in [-0.2, -0.15) is 0 Å². The zero-order valence-corrected chi connectivity index (χ0v) is 15.3. The number of benzene rings is 1. The fourth-order valence-corrected chi connectivity index (χ4v) is 4.65. The minimum absolute atomic E-state index is 0.176. The van der Waals surface area contributed by atoms with E-state index in [0.717, 1.165) is 22.9 Å². The Balaban J connectivity index is 1.91. The molecule has 0 atom stereocenters. The summed E-state index contributed by atoms with van der Waals surface area (Å²) in [5.41, 5.74) is -0.459. The molecule has 1 N–H and O–H groups in total. The molecule has 0 aliphatic carbocycles. The highest BCUT2D eigenvalue weighted by molar-refractivity contribution is 7.99. The highest BCUT2D eigenvalue weighted by atomic mass is 32.2. The van der Waals surface area contributed by atoms with E-state index in [-0.39, 0.29) is 9.79 Å². The predicted octanol–water partition coefficient (Wildman–Crippen LogP) is 2.92. The number of thiophene rings is 1. The maximum absolute atomic E-state index is 11.8. The highest BCUT2D eigenvalue weighted by Gasteiger charge is 2.27. The molecule has 0 bridgehead atoms. The quantitative estimate of drug-likeness (QED) is 0.502. The van der Waals surface area contributed by atoms with Crippen molar-refractivity contribution in [3.63, 3.8) is 0 Å². The Hall–Kier alpha value is -2.24. The Morgan fingerprint density at radius 1 is 1.32 bits per heavy atom. The second kappa shape index (κ2) is 6.94.